The monoisotopic (exact) mass is 187 g/mol. The van der Waals surface area contributed by atoms with Crippen molar-refractivity contribution in [2.45, 2.75) is 13.0 Å². The van der Waals surface area contributed by atoms with Gasteiger partial charge in [0.15, 0.2) is 0 Å². The van der Waals surface area contributed by atoms with Crippen LogP contribution in [0.5, 0.6) is 0 Å². The molecule has 1 rings (SSSR count). The molecule has 0 bridgehead atoms. The van der Waals surface area contributed by atoms with Crippen LogP contribution in [0.25, 0.3) is 0 Å². The SMILES string of the molecule is CC(CNC(=O)O)N1CCNCC1. The van der Waals surface area contributed by atoms with Crippen molar-refractivity contribution in [2.75, 3.05) is 32.7 Å². The van der Waals surface area contributed by atoms with Crippen LogP contribution in [0.2, 0.25) is 0 Å². The zero-order valence-electron chi connectivity index (χ0n) is 7.92. The fraction of sp³-hybridized carbons (Fsp3) is 0.875. The van der Waals surface area contributed by atoms with E-state index >= 15 is 0 Å². The van der Waals surface area contributed by atoms with E-state index in [1.54, 1.807) is 0 Å². The summed E-state index contributed by atoms with van der Waals surface area (Å²) in [6.07, 6.45) is -0.943. The van der Waals surface area contributed by atoms with Gasteiger partial charge in [0, 0.05) is 38.8 Å². The molecule has 1 heterocycles. The summed E-state index contributed by atoms with van der Waals surface area (Å²) in [6, 6.07) is 0.290. The smallest absolute Gasteiger partial charge is 0.404 e. The molecule has 1 saturated heterocycles. The van der Waals surface area contributed by atoms with Crippen molar-refractivity contribution in [1.82, 2.24) is 15.5 Å². The lowest BCUT2D eigenvalue weighted by atomic mass is 10.2. The second kappa shape index (κ2) is 5.04. The number of nitrogens with zero attached hydrogens (tertiary/aromatic N) is 1. The molecule has 0 aliphatic carbocycles. The molecule has 1 atom stereocenters. The summed E-state index contributed by atoms with van der Waals surface area (Å²) in [5.74, 6) is 0. The largest absolute Gasteiger partial charge is 0.465 e. The summed E-state index contributed by atoms with van der Waals surface area (Å²) in [7, 11) is 0. The summed E-state index contributed by atoms with van der Waals surface area (Å²) < 4.78 is 0. The number of carboxylic acid groups (broad SMARTS) is 1. The second-order valence-electron chi connectivity index (χ2n) is 3.32. The van der Waals surface area contributed by atoms with Gasteiger partial charge in [-0.25, -0.2) is 4.79 Å². The van der Waals surface area contributed by atoms with E-state index in [1.165, 1.54) is 0 Å². The van der Waals surface area contributed by atoms with Gasteiger partial charge >= 0.3 is 6.09 Å². The van der Waals surface area contributed by atoms with Gasteiger partial charge in [-0.1, -0.05) is 0 Å². The van der Waals surface area contributed by atoms with Crippen LogP contribution in [0.4, 0.5) is 4.79 Å². The molecular weight excluding hydrogens is 170 g/mol. The number of amides is 1. The van der Waals surface area contributed by atoms with Crippen molar-refractivity contribution in [3.8, 4) is 0 Å². The predicted molar refractivity (Wildman–Crippen MR) is 49.9 cm³/mol. The molecule has 1 unspecified atom stereocenters. The molecule has 0 aromatic carbocycles. The molecule has 1 amide bonds. The molecule has 0 aromatic rings. The van der Waals surface area contributed by atoms with Crippen LogP contribution in [0.1, 0.15) is 6.92 Å². The third-order valence-electron chi connectivity index (χ3n) is 2.32. The van der Waals surface area contributed by atoms with Crippen LogP contribution in [0.15, 0.2) is 0 Å². The van der Waals surface area contributed by atoms with Crippen LogP contribution >= 0.6 is 0 Å². The quantitative estimate of drug-likeness (QED) is 0.560. The van der Waals surface area contributed by atoms with Gasteiger partial charge in [0.1, 0.15) is 0 Å². The van der Waals surface area contributed by atoms with Crippen LogP contribution in [0, 0.1) is 0 Å². The summed E-state index contributed by atoms with van der Waals surface area (Å²) >= 11 is 0. The normalized spacial score (nSPS) is 21.0. The summed E-state index contributed by atoms with van der Waals surface area (Å²) in [4.78, 5) is 12.5. The minimum absolute atomic E-state index is 0.290. The molecule has 3 N–H and O–H groups in total. The zero-order chi connectivity index (χ0) is 9.68. The molecule has 1 aliphatic rings. The first-order valence-corrected chi connectivity index (χ1v) is 4.61. The number of nitrogens with one attached hydrogen (secondary N) is 2. The van der Waals surface area contributed by atoms with Crippen molar-refractivity contribution in [2.24, 2.45) is 0 Å². The molecule has 1 aliphatic heterocycles. The Morgan fingerprint density at radius 3 is 2.77 bits per heavy atom. The van der Waals surface area contributed by atoms with E-state index in [9.17, 15) is 4.79 Å². The Hall–Kier alpha value is -0.810. The molecule has 1 fully saturated rings. The summed E-state index contributed by atoms with van der Waals surface area (Å²) in [6.45, 7) is 6.55. The van der Waals surface area contributed by atoms with Gasteiger partial charge in [0.2, 0.25) is 0 Å². The van der Waals surface area contributed by atoms with Gasteiger partial charge in [-0.2, -0.15) is 0 Å². The molecule has 0 radical (unpaired) electrons. The van der Waals surface area contributed by atoms with Crippen LogP contribution in [-0.2, 0) is 0 Å². The lowest BCUT2D eigenvalue weighted by Gasteiger charge is -2.32. The number of piperazine rings is 1. The molecule has 0 spiro atoms. The van der Waals surface area contributed by atoms with Crippen molar-refractivity contribution in [3.63, 3.8) is 0 Å². The van der Waals surface area contributed by atoms with Gasteiger partial charge in [-0.3, -0.25) is 4.90 Å². The Morgan fingerprint density at radius 2 is 2.23 bits per heavy atom. The van der Waals surface area contributed by atoms with Crippen molar-refractivity contribution in [1.29, 1.82) is 0 Å². The Morgan fingerprint density at radius 1 is 1.62 bits per heavy atom. The van der Waals surface area contributed by atoms with E-state index in [0.717, 1.165) is 26.2 Å². The highest BCUT2D eigenvalue weighted by atomic mass is 16.4. The van der Waals surface area contributed by atoms with Crippen molar-refractivity contribution < 1.29 is 9.90 Å². The Bertz CT molecular complexity index is 169. The zero-order valence-corrected chi connectivity index (χ0v) is 7.92. The van der Waals surface area contributed by atoms with Crippen LogP contribution in [0.3, 0.4) is 0 Å². The van der Waals surface area contributed by atoms with E-state index in [4.69, 9.17) is 5.11 Å². The molecular formula is C8H17N3O2. The Labute approximate surface area is 78.1 Å². The highest BCUT2D eigenvalue weighted by Gasteiger charge is 2.16. The highest BCUT2D eigenvalue weighted by molar-refractivity contribution is 5.64. The van der Waals surface area contributed by atoms with E-state index in [-0.39, 0.29) is 6.04 Å². The maximum absolute atomic E-state index is 10.2. The van der Waals surface area contributed by atoms with Crippen LogP contribution in [-0.4, -0.2) is 54.9 Å². The van der Waals surface area contributed by atoms with Gasteiger partial charge in [-0.15, -0.1) is 0 Å². The van der Waals surface area contributed by atoms with E-state index < -0.39 is 6.09 Å². The molecule has 0 saturated carbocycles. The molecule has 0 aromatic heterocycles. The summed E-state index contributed by atoms with van der Waals surface area (Å²) in [5, 5.41) is 14.1. The highest BCUT2D eigenvalue weighted by Crippen LogP contribution is 1.99. The van der Waals surface area contributed by atoms with Gasteiger partial charge in [0.25, 0.3) is 0 Å². The molecule has 76 valence electrons. The lowest BCUT2D eigenvalue weighted by Crippen LogP contribution is -2.50. The number of carbonyl (C=O) groups is 1. The Kier molecular flexibility index (Phi) is 3.98. The fourth-order valence-corrected chi connectivity index (χ4v) is 1.49. The van der Waals surface area contributed by atoms with E-state index in [1.807, 2.05) is 6.92 Å². The maximum Gasteiger partial charge on any atom is 0.404 e. The maximum atomic E-state index is 10.2. The topological polar surface area (TPSA) is 64.6 Å². The first kappa shape index (κ1) is 10.3. The molecule has 5 nitrogen and oxygen atoms in total. The number of hydrogen-bond donors (Lipinski definition) is 3. The third kappa shape index (κ3) is 3.61. The Balaban J connectivity index is 2.20. The van der Waals surface area contributed by atoms with Gasteiger partial charge in [0.05, 0.1) is 0 Å². The third-order valence-corrected chi connectivity index (χ3v) is 2.32. The summed E-state index contributed by atoms with van der Waals surface area (Å²) in [5.41, 5.74) is 0. The molecule has 5 heteroatoms. The molecule has 13 heavy (non-hydrogen) atoms. The van der Waals surface area contributed by atoms with Crippen LogP contribution < -0.4 is 10.6 Å². The van der Waals surface area contributed by atoms with Gasteiger partial charge < -0.3 is 15.7 Å². The lowest BCUT2D eigenvalue weighted by molar-refractivity contribution is 0.167. The average Bonchev–Trinajstić information content (AvgIpc) is 2.15. The van der Waals surface area contributed by atoms with E-state index in [0.29, 0.717) is 6.54 Å². The first-order chi connectivity index (χ1) is 6.20. The van der Waals surface area contributed by atoms with Gasteiger partial charge in [-0.05, 0) is 6.92 Å². The minimum Gasteiger partial charge on any atom is -0.465 e. The van der Waals surface area contributed by atoms with E-state index in [2.05, 4.69) is 15.5 Å². The minimum atomic E-state index is -0.943. The average molecular weight is 187 g/mol. The standard InChI is InChI=1S/C8H17N3O2/c1-7(6-10-8(12)13)11-4-2-9-3-5-11/h7,9-10H,2-6H2,1H3,(H,12,13). The first-order valence-electron chi connectivity index (χ1n) is 4.61. The van der Waals surface area contributed by atoms with Crippen molar-refractivity contribution >= 4 is 6.09 Å². The number of rotatable bonds is 3. The van der Waals surface area contributed by atoms with Crippen molar-refractivity contribution in [3.05, 3.63) is 0 Å². The predicted octanol–water partition coefficient (Wildman–Crippen LogP) is -0.452. The number of hydrogen-bond acceptors (Lipinski definition) is 3. The fourth-order valence-electron chi connectivity index (χ4n) is 1.49. The second-order valence-corrected chi connectivity index (χ2v) is 3.32.